The van der Waals surface area contributed by atoms with Gasteiger partial charge in [0.2, 0.25) is 0 Å². The molecular weight excluding hydrogens is 365 g/mol. The molecule has 0 fully saturated rings. The molecular formula is C17H17ClFN3O4. The third kappa shape index (κ3) is 5.61. The van der Waals surface area contributed by atoms with Crippen LogP contribution in [0.4, 0.5) is 9.18 Å². The highest BCUT2D eigenvalue weighted by molar-refractivity contribution is 6.32. The fourth-order valence-electron chi connectivity index (χ4n) is 1.85. The molecule has 2 rings (SSSR count). The number of alkyl halides is 1. The Bertz CT molecular complexity index is 788. The Balaban J connectivity index is 1.93. The van der Waals surface area contributed by atoms with E-state index in [0.29, 0.717) is 22.6 Å². The Labute approximate surface area is 154 Å². The summed E-state index contributed by atoms with van der Waals surface area (Å²) >= 11 is 6.00. The fraction of sp³-hybridized carbons (Fsp3) is 0.176. The third-order valence-electron chi connectivity index (χ3n) is 3.13. The lowest BCUT2D eigenvalue weighted by molar-refractivity contribution is 0.0624. The first-order valence-electron chi connectivity index (χ1n) is 7.41. The van der Waals surface area contributed by atoms with Crippen LogP contribution in [-0.2, 0) is 22.9 Å². The Morgan fingerprint density at radius 1 is 1.27 bits per heavy atom. The standard InChI is InChI=1S/C17H17ClFN3O4/c1-11(21-25-10-14-5-3-4-13(9-19)20-14)12-6-7-15(18)16(8-12)26-22-17(23)24-2/h3-8,21H,1,9-10H2,2H3,(H,22,23). The summed E-state index contributed by atoms with van der Waals surface area (Å²) in [6.45, 7) is 3.33. The van der Waals surface area contributed by atoms with Crippen LogP contribution in [-0.4, -0.2) is 18.2 Å². The Kier molecular flexibility index (Phi) is 7.19. The van der Waals surface area contributed by atoms with Crippen molar-refractivity contribution in [1.29, 1.82) is 0 Å². The molecule has 0 bridgehead atoms. The number of carbonyl (C=O) groups is 1. The van der Waals surface area contributed by atoms with E-state index in [1.807, 2.05) is 0 Å². The Hall–Kier alpha value is -2.84. The van der Waals surface area contributed by atoms with Crippen molar-refractivity contribution in [2.75, 3.05) is 7.11 Å². The second-order valence-corrected chi connectivity index (χ2v) is 5.37. The summed E-state index contributed by atoms with van der Waals surface area (Å²) in [6, 6.07) is 9.83. The number of amides is 1. The first-order valence-corrected chi connectivity index (χ1v) is 7.79. The van der Waals surface area contributed by atoms with Crippen molar-refractivity contribution in [1.82, 2.24) is 15.9 Å². The maximum atomic E-state index is 12.6. The zero-order valence-electron chi connectivity index (χ0n) is 13.9. The summed E-state index contributed by atoms with van der Waals surface area (Å²) in [4.78, 5) is 25.5. The molecule has 2 aromatic rings. The van der Waals surface area contributed by atoms with Crippen LogP contribution in [0.5, 0.6) is 5.75 Å². The number of nitrogens with one attached hydrogen (secondary N) is 2. The highest BCUT2D eigenvalue weighted by Gasteiger charge is 2.09. The molecule has 0 radical (unpaired) electrons. The van der Waals surface area contributed by atoms with Gasteiger partial charge in [-0.15, -0.1) is 0 Å². The average Bonchev–Trinajstić information content (AvgIpc) is 2.67. The number of benzene rings is 1. The van der Waals surface area contributed by atoms with Crippen molar-refractivity contribution in [3.8, 4) is 5.75 Å². The molecule has 1 aromatic carbocycles. The van der Waals surface area contributed by atoms with Gasteiger partial charge in [-0.05, 0) is 24.3 Å². The number of hydrogen-bond donors (Lipinski definition) is 2. The predicted octanol–water partition coefficient (Wildman–Crippen LogP) is 3.55. The summed E-state index contributed by atoms with van der Waals surface area (Å²) in [5.41, 5.74) is 6.68. The number of hydrogen-bond acceptors (Lipinski definition) is 6. The van der Waals surface area contributed by atoms with Crippen molar-refractivity contribution < 1.29 is 23.6 Å². The van der Waals surface area contributed by atoms with Gasteiger partial charge in [-0.2, -0.15) is 5.48 Å². The van der Waals surface area contributed by atoms with Gasteiger partial charge >= 0.3 is 6.09 Å². The molecule has 9 heteroatoms. The smallest absolute Gasteiger partial charge is 0.440 e. The van der Waals surface area contributed by atoms with Crippen molar-refractivity contribution in [3.05, 3.63) is 65.0 Å². The zero-order chi connectivity index (χ0) is 18.9. The van der Waals surface area contributed by atoms with E-state index < -0.39 is 12.8 Å². The maximum absolute atomic E-state index is 12.6. The Morgan fingerprint density at radius 2 is 2.04 bits per heavy atom. The molecule has 0 unspecified atom stereocenters. The summed E-state index contributed by atoms with van der Waals surface area (Å²) in [5, 5.41) is 0.283. The number of halogens is 2. The first-order chi connectivity index (χ1) is 12.5. The van der Waals surface area contributed by atoms with Crippen LogP contribution in [0, 0.1) is 0 Å². The molecule has 1 aromatic heterocycles. The molecule has 0 saturated heterocycles. The quantitative estimate of drug-likeness (QED) is 0.680. The minimum Gasteiger partial charge on any atom is -0.451 e. The SMILES string of the molecule is C=C(NOCc1cccc(CF)n1)c1ccc(Cl)c(ONC(=O)OC)c1. The summed E-state index contributed by atoms with van der Waals surface area (Å²) in [7, 11) is 1.21. The predicted molar refractivity (Wildman–Crippen MR) is 93.6 cm³/mol. The number of rotatable bonds is 8. The number of aromatic nitrogens is 1. The molecule has 2 N–H and O–H groups in total. The van der Waals surface area contributed by atoms with E-state index in [1.165, 1.54) is 7.11 Å². The maximum Gasteiger partial charge on any atom is 0.440 e. The normalized spacial score (nSPS) is 10.1. The average molecular weight is 382 g/mol. The highest BCUT2D eigenvalue weighted by atomic mass is 35.5. The molecule has 1 heterocycles. The second-order valence-electron chi connectivity index (χ2n) is 4.96. The topological polar surface area (TPSA) is 81.7 Å². The van der Waals surface area contributed by atoms with Gasteiger partial charge in [0.1, 0.15) is 13.3 Å². The molecule has 1 amide bonds. The second kappa shape index (κ2) is 9.59. The molecule has 0 spiro atoms. The van der Waals surface area contributed by atoms with Gasteiger partial charge in [-0.25, -0.2) is 9.18 Å². The summed E-state index contributed by atoms with van der Waals surface area (Å²) in [6.07, 6.45) is -0.769. The van der Waals surface area contributed by atoms with Gasteiger partial charge in [0.25, 0.3) is 0 Å². The lowest BCUT2D eigenvalue weighted by Gasteiger charge is -2.12. The van der Waals surface area contributed by atoms with E-state index in [2.05, 4.69) is 27.3 Å². The van der Waals surface area contributed by atoms with Crippen LogP contribution in [0.2, 0.25) is 5.02 Å². The van der Waals surface area contributed by atoms with Crippen LogP contribution < -0.4 is 15.8 Å². The fourth-order valence-corrected chi connectivity index (χ4v) is 2.00. The zero-order valence-corrected chi connectivity index (χ0v) is 14.7. The van der Waals surface area contributed by atoms with Gasteiger partial charge in [-0.3, -0.25) is 15.3 Å². The number of pyridine rings is 1. The van der Waals surface area contributed by atoms with Crippen LogP contribution >= 0.6 is 11.6 Å². The number of methoxy groups -OCH3 is 1. The summed E-state index contributed by atoms with van der Waals surface area (Å²) < 4.78 is 17.0. The highest BCUT2D eigenvalue weighted by Crippen LogP contribution is 2.27. The first kappa shape index (κ1) is 19.5. The molecule has 138 valence electrons. The van der Waals surface area contributed by atoms with E-state index in [4.69, 9.17) is 21.3 Å². The van der Waals surface area contributed by atoms with Gasteiger partial charge in [0.05, 0.1) is 29.2 Å². The van der Waals surface area contributed by atoms with Gasteiger partial charge in [0, 0.05) is 5.56 Å². The third-order valence-corrected chi connectivity index (χ3v) is 3.44. The largest absolute Gasteiger partial charge is 0.451 e. The van der Waals surface area contributed by atoms with E-state index in [-0.39, 0.29) is 17.4 Å². The van der Waals surface area contributed by atoms with Crippen LogP contribution in [0.15, 0.2) is 43.0 Å². The molecule has 0 aliphatic rings. The van der Waals surface area contributed by atoms with E-state index in [1.54, 1.807) is 36.4 Å². The molecule has 26 heavy (non-hydrogen) atoms. The van der Waals surface area contributed by atoms with Gasteiger partial charge in [-0.1, -0.05) is 30.3 Å². The molecule has 0 aliphatic carbocycles. The van der Waals surface area contributed by atoms with E-state index in [0.717, 1.165) is 0 Å². The van der Waals surface area contributed by atoms with Gasteiger partial charge < -0.3 is 9.57 Å². The minimum atomic E-state index is -0.769. The van der Waals surface area contributed by atoms with E-state index in [9.17, 15) is 9.18 Å². The van der Waals surface area contributed by atoms with Crippen molar-refractivity contribution in [2.24, 2.45) is 0 Å². The minimum absolute atomic E-state index is 0.119. The lowest BCUT2D eigenvalue weighted by atomic mass is 10.2. The molecule has 0 atom stereocenters. The van der Waals surface area contributed by atoms with Crippen LogP contribution in [0.25, 0.3) is 5.70 Å². The van der Waals surface area contributed by atoms with Crippen LogP contribution in [0.3, 0.4) is 0 Å². The Morgan fingerprint density at radius 3 is 2.77 bits per heavy atom. The van der Waals surface area contributed by atoms with Crippen molar-refractivity contribution in [2.45, 2.75) is 13.3 Å². The molecule has 0 saturated carbocycles. The number of nitrogens with zero attached hydrogens (tertiary/aromatic N) is 1. The monoisotopic (exact) mass is 381 g/mol. The van der Waals surface area contributed by atoms with E-state index >= 15 is 0 Å². The lowest BCUT2D eigenvalue weighted by Crippen LogP contribution is -2.26. The van der Waals surface area contributed by atoms with Crippen molar-refractivity contribution >= 4 is 23.4 Å². The summed E-state index contributed by atoms with van der Waals surface area (Å²) in [5.74, 6) is 0.204. The molecule has 7 nitrogen and oxygen atoms in total. The van der Waals surface area contributed by atoms with Gasteiger partial charge in [0.15, 0.2) is 5.75 Å². The number of ether oxygens (including phenoxy) is 1. The van der Waals surface area contributed by atoms with Crippen molar-refractivity contribution in [3.63, 3.8) is 0 Å². The van der Waals surface area contributed by atoms with Crippen LogP contribution in [0.1, 0.15) is 17.0 Å². The molecule has 0 aliphatic heterocycles. The number of hydroxylamine groups is 2. The number of carbonyl (C=O) groups excluding carboxylic acids is 1.